The molecule has 0 spiro atoms. The Morgan fingerprint density at radius 3 is 2.59 bits per heavy atom. The van der Waals surface area contributed by atoms with Gasteiger partial charge < -0.3 is 0 Å². The third kappa shape index (κ3) is 8.02. The summed E-state index contributed by atoms with van der Waals surface area (Å²) in [6.07, 6.45) is 32.9. The van der Waals surface area contributed by atoms with Crippen LogP contribution in [0, 0.1) is 11.8 Å². The second-order valence-electron chi connectivity index (χ2n) is 8.60. The fourth-order valence-electron chi connectivity index (χ4n) is 4.24. The Labute approximate surface area is 202 Å². The van der Waals surface area contributed by atoms with Crippen LogP contribution in [0.25, 0.3) is 0 Å². The summed E-state index contributed by atoms with van der Waals surface area (Å²) < 4.78 is 0. The predicted octanol–water partition coefficient (Wildman–Crippen LogP) is 9.58. The topological polar surface area (TPSA) is 0 Å². The highest BCUT2D eigenvalue weighted by Crippen LogP contribution is 2.44. The summed E-state index contributed by atoms with van der Waals surface area (Å²) in [6.45, 7) is 14.7. The zero-order valence-corrected chi connectivity index (χ0v) is 21.1. The van der Waals surface area contributed by atoms with Crippen LogP contribution in [0.1, 0.15) is 59.3 Å². The third-order valence-corrected chi connectivity index (χ3v) is 6.43. The molecule has 2 aliphatic carbocycles. The average Bonchev–Trinajstić information content (AvgIpc) is 3.21. The Balaban J connectivity index is 1.90. The summed E-state index contributed by atoms with van der Waals surface area (Å²) in [5, 5.41) is 0. The molecule has 2 atom stereocenters. The van der Waals surface area contributed by atoms with Gasteiger partial charge in [0.05, 0.1) is 0 Å². The lowest BCUT2D eigenvalue weighted by Gasteiger charge is -2.34. The van der Waals surface area contributed by atoms with E-state index in [1.54, 1.807) is 5.57 Å². The molecule has 2 unspecified atom stereocenters. The van der Waals surface area contributed by atoms with E-state index in [4.69, 9.17) is 0 Å². The molecule has 0 saturated carbocycles. The largest absolute Gasteiger partial charge is 0.148 e. The summed E-state index contributed by atoms with van der Waals surface area (Å²) in [6, 6.07) is 0. The van der Waals surface area contributed by atoms with Gasteiger partial charge in [0.25, 0.3) is 0 Å². The van der Waals surface area contributed by atoms with Crippen LogP contribution in [0.4, 0.5) is 0 Å². The number of hydrogen-bond acceptors (Lipinski definition) is 1. The van der Waals surface area contributed by atoms with E-state index < -0.39 is 0 Å². The lowest BCUT2D eigenvalue weighted by Crippen LogP contribution is -2.22. The molecule has 0 heterocycles. The van der Waals surface area contributed by atoms with Gasteiger partial charge in [-0.25, -0.2) is 0 Å². The molecule has 32 heavy (non-hydrogen) atoms. The zero-order chi connectivity index (χ0) is 23.3. The first-order valence-corrected chi connectivity index (χ1v) is 12.4. The van der Waals surface area contributed by atoms with Crippen LogP contribution >= 0.6 is 12.6 Å². The van der Waals surface area contributed by atoms with Gasteiger partial charge in [0, 0.05) is 5.92 Å². The average molecular weight is 445 g/mol. The van der Waals surface area contributed by atoms with Crippen molar-refractivity contribution in [3.8, 4) is 0 Å². The number of rotatable bonds is 13. The van der Waals surface area contributed by atoms with Crippen molar-refractivity contribution in [1.29, 1.82) is 0 Å². The van der Waals surface area contributed by atoms with Crippen molar-refractivity contribution in [2.75, 3.05) is 0 Å². The lowest BCUT2D eigenvalue weighted by atomic mass is 9.71. The molecule has 1 heteroatoms. The van der Waals surface area contributed by atoms with Crippen molar-refractivity contribution in [3.63, 3.8) is 0 Å². The van der Waals surface area contributed by atoms with Crippen LogP contribution in [0.15, 0.2) is 119 Å². The Hall–Kier alpha value is -2.25. The van der Waals surface area contributed by atoms with Crippen LogP contribution in [0.5, 0.6) is 0 Å². The highest BCUT2D eigenvalue weighted by atomic mass is 32.1. The maximum absolute atomic E-state index is 4.54. The summed E-state index contributed by atoms with van der Waals surface area (Å²) >= 11 is 4.54. The van der Waals surface area contributed by atoms with Crippen molar-refractivity contribution in [2.45, 2.75) is 59.3 Å². The minimum Gasteiger partial charge on any atom is -0.148 e. The predicted molar refractivity (Wildman–Crippen MR) is 148 cm³/mol. The standard InChI is InChI=1S/C31H40S/c1-6-8-9-17-27(26(5)32)18-11-10-16-25(4)29-20-13-21-31(29)30-23-22-28(30)19-12-15-24(3)14-7-2/h7-11,13-14,16,18,20-22,30-32H,3-4,6,12,15,17,19,23H2,1-2,5H3/b9-8-,14-7-,16-10-,18-11-,27-26+. The molecule has 0 N–H and O–H groups in total. The highest BCUT2D eigenvalue weighted by molar-refractivity contribution is 7.84. The van der Waals surface area contributed by atoms with Gasteiger partial charge in [-0.3, -0.25) is 0 Å². The zero-order valence-electron chi connectivity index (χ0n) is 20.2. The van der Waals surface area contributed by atoms with E-state index in [0.717, 1.165) is 29.7 Å². The second-order valence-corrected chi connectivity index (χ2v) is 9.27. The van der Waals surface area contributed by atoms with E-state index in [2.05, 4.69) is 113 Å². The molecular weight excluding hydrogens is 404 g/mol. The first-order valence-electron chi connectivity index (χ1n) is 11.9. The summed E-state index contributed by atoms with van der Waals surface area (Å²) in [5.74, 6) is 1.09. The Morgan fingerprint density at radius 1 is 1.16 bits per heavy atom. The molecular formula is C31H40S. The molecule has 0 radical (unpaired) electrons. The van der Waals surface area contributed by atoms with E-state index >= 15 is 0 Å². The normalized spacial score (nSPS) is 21.5. The minimum absolute atomic E-state index is 0.462. The molecule has 0 aliphatic heterocycles. The first-order chi connectivity index (χ1) is 15.5. The van der Waals surface area contributed by atoms with Gasteiger partial charge in [-0.1, -0.05) is 104 Å². The number of thiol groups is 1. The smallest absolute Gasteiger partial charge is 0.00952 e. The van der Waals surface area contributed by atoms with Crippen molar-refractivity contribution < 1.29 is 0 Å². The van der Waals surface area contributed by atoms with E-state index in [1.807, 2.05) is 6.92 Å². The van der Waals surface area contributed by atoms with Gasteiger partial charge in [-0.05, 0) is 79.9 Å². The Bertz CT molecular complexity index is 904. The SMILES string of the molecule is C=C(/C=C\C)CCCC1=CCC1C1C=CC=C1C(=C)\C=C/C=C\C(C/C=C\CC)=C(/C)S. The molecule has 0 amide bonds. The van der Waals surface area contributed by atoms with E-state index in [-0.39, 0.29) is 0 Å². The highest BCUT2D eigenvalue weighted by Gasteiger charge is 2.31. The van der Waals surface area contributed by atoms with Crippen LogP contribution < -0.4 is 0 Å². The van der Waals surface area contributed by atoms with Gasteiger partial charge in [0.15, 0.2) is 0 Å². The second kappa shape index (κ2) is 14.0. The fourth-order valence-corrected chi connectivity index (χ4v) is 4.41. The van der Waals surface area contributed by atoms with Gasteiger partial charge in [0.1, 0.15) is 0 Å². The van der Waals surface area contributed by atoms with E-state index in [1.165, 1.54) is 36.0 Å². The number of allylic oxidation sites excluding steroid dienone is 18. The monoisotopic (exact) mass is 444 g/mol. The minimum atomic E-state index is 0.462. The molecule has 170 valence electrons. The molecule has 0 nitrogen and oxygen atoms in total. The van der Waals surface area contributed by atoms with E-state index in [0.29, 0.717) is 11.8 Å². The van der Waals surface area contributed by atoms with Gasteiger partial charge in [-0.15, -0.1) is 12.6 Å². The molecule has 0 bridgehead atoms. The van der Waals surface area contributed by atoms with Crippen LogP contribution in [0.3, 0.4) is 0 Å². The van der Waals surface area contributed by atoms with Crippen molar-refractivity contribution in [3.05, 3.63) is 119 Å². The fraction of sp³-hybridized carbons (Fsp3) is 0.355. The van der Waals surface area contributed by atoms with Crippen LogP contribution in [-0.4, -0.2) is 0 Å². The number of hydrogen-bond donors (Lipinski definition) is 1. The van der Waals surface area contributed by atoms with Crippen LogP contribution in [-0.2, 0) is 0 Å². The molecule has 0 aromatic rings. The van der Waals surface area contributed by atoms with Crippen molar-refractivity contribution >= 4 is 12.6 Å². The first kappa shape index (κ1) is 26.0. The van der Waals surface area contributed by atoms with Gasteiger partial charge in [0.2, 0.25) is 0 Å². The Kier molecular flexibility index (Phi) is 11.4. The molecule has 2 rings (SSSR count). The molecule has 0 aromatic heterocycles. The molecule has 0 saturated heterocycles. The van der Waals surface area contributed by atoms with Crippen molar-refractivity contribution in [1.82, 2.24) is 0 Å². The van der Waals surface area contributed by atoms with Gasteiger partial charge in [-0.2, -0.15) is 0 Å². The van der Waals surface area contributed by atoms with Crippen molar-refractivity contribution in [2.24, 2.45) is 11.8 Å². The summed E-state index contributed by atoms with van der Waals surface area (Å²) in [7, 11) is 0. The maximum atomic E-state index is 4.54. The quantitative estimate of drug-likeness (QED) is 0.163. The molecule has 0 fully saturated rings. The van der Waals surface area contributed by atoms with Crippen LogP contribution in [0.2, 0.25) is 0 Å². The molecule has 2 aliphatic rings. The van der Waals surface area contributed by atoms with Gasteiger partial charge >= 0.3 is 0 Å². The summed E-state index contributed by atoms with van der Waals surface area (Å²) in [4.78, 5) is 1.07. The molecule has 0 aromatic carbocycles. The maximum Gasteiger partial charge on any atom is 0.00952 e. The van der Waals surface area contributed by atoms with E-state index in [9.17, 15) is 0 Å². The third-order valence-electron chi connectivity index (χ3n) is 6.14. The Morgan fingerprint density at radius 2 is 1.94 bits per heavy atom. The summed E-state index contributed by atoms with van der Waals surface area (Å²) in [5.41, 5.74) is 6.54. The lowest BCUT2D eigenvalue weighted by molar-refractivity contribution is 0.452.